The molecule has 0 fully saturated rings. The van der Waals surface area contributed by atoms with Gasteiger partial charge in [0.1, 0.15) is 11.5 Å². The predicted molar refractivity (Wildman–Crippen MR) is 56.3 cm³/mol. The van der Waals surface area contributed by atoms with Crippen LogP contribution in [0.3, 0.4) is 0 Å². The minimum atomic E-state index is -0.0844. The van der Waals surface area contributed by atoms with E-state index in [-0.39, 0.29) is 11.5 Å². The molecule has 0 atom stereocenters. The number of phenols is 2. The van der Waals surface area contributed by atoms with Crippen LogP contribution in [0.25, 0.3) is 0 Å². The third-order valence-corrected chi connectivity index (χ3v) is 1.91. The highest BCUT2D eigenvalue weighted by Gasteiger charge is 2.03. The zero-order valence-corrected chi connectivity index (χ0v) is 7.92. The molecule has 0 radical (unpaired) electrons. The Balaban J connectivity index is 2.25. The van der Waals surface area contributed by atoms with Crippen LogP contribution in [0.4, 0.5) is 0 Å². The molecule has 2 aromatic carbocycles. The average Bonchev–Trinajstić information content (AvgIpc) is 2.24. The van der Waals surface area contributed by atoms with Crippen molar-refractivity contribution in [3.8, 4) is 23.0 Å². The van der Waals surface area contributed by atoms with E-state index in [0.29, 0.717) is 11.5 Å². The van der Waals surface area contributed by atoms with Gasteiger partial charge in [0.05, 0.1) is 0 Å². The van der Waals surface area contributed by atoms with Crippen LogP contribution in [0.1, 0.15) is 0 Å². The lowest BCUT2D eigenvalue weighted by atomic mass is 10.3. The van der Waals surface area contributed by atoms with Gasteiger partial charge in [-0.2, -0.15) is 0 Å². The molecule has 0 aliphatic carbocycles. The van der Waals surface area contributed by atoms with Gasteiger partial charge in [0.2, 0.25) is 0 Å². The van der Waals surface area contributed by atoms with Crippen LogP contribution in [0.5, 0.6) is 23.0 Å². The van der Waals surface area contributed by atoms with Crippen molar-refractivity contribution in [2.45, 2.75) is 0 Å². The standard InChI is InChI=1S/C12H10O3/c13-9-6-7-12(11(14)8-9)15-10-4-2-1-3-5-10/h1-8,13-14H. The van der Waals surface area contributed by atoms with E-state index in [2.05, 4.69) is 0 Å². The van der Waals surface area contributed by atoms with Gasteiger partial charge in [0.15, 0.2) is 11.5 Å². The molecule has 2 N–H and O–H groups in total. The highest BCUT2D eigenvalue weighted by Crippen LogP contribution is 2.32. The number of para-hydroxylation sites is 1. The zero-order valence-electron chi connectivity index (χ0n) is 7.92. The van der Waals surface area contributed by atoms with Gasteiger partial charge >= 0.3 is 0 Å². The summed E-state index contributed by atoms with van der Waals surface area (Å²) in [5.41, 5.74) is 0. The fraction of sp³-hybridized carbons (Fsp3) is 0. The van der Waals surface area contributed by atoms with Gasteiger partial charge in [0.25, 0.3) is 0 Å². The summed E-state index contributed by atoms with van der Waals surface area (Å²) in [6.07, 6.45) is 0. The molecule has 0 saturated carbocycles. The Morgan fingerprint density at radius 3 is 2.27 bits per heavy atom. The number of aromatic hydroxyl groups is 2. The quantitative estimate of drug-likeness (QED) is 0.787. The Morgan fingerprint density at radius 1 is 0.867 bits per heavy atom. The van der Waals surface area contributed by atoms with Crippen LogP contribution < -0.4 is 4.74 Å². The third-order valence-electron chi connectivity index (χ3n) is 1.91. The maximum atomic E-state index is 9.47. The Hall–Kier alpha value is -2.16. The van der Waals surface area contributed by atoms with Crippen LogP contribution >= 0.6 is 0 Å². The molecule has 3 nitrogen and oxygen atoms in total. The van der Waals surface area contributed by atoms with Gasteiger partial charge in [0, 0.05) is 6.07 Å². The van der Waals surface area contributed by atoms with Gasteiger partial charge in [-0.25, -0.2) is 0 Å². The van der Waals surface area contributed by atoms with Crippen LogP contribution in [0.15, 0.2) is 48.5 Å². The van der Waals surface area contributed by atoms with Gasteiger partial charge in [-0.15, -0.1) is 0 Å². The molecule has 2 rings (SSSR count). The molecule has 15 heavy (non-hydrogen) atoms. The molecule has 0 heterocycles. The molecule has 0 aromatic heterocycles. The molecule has 0 saturated heterocycles. The van der Waals surface area contributed by atoms with E-state index < -0.39 is 0 Å². The summed E-state index contributed by atoms with van der Waals surface area (Å²) >= 11 is 0. The molecule has 0 unspecified atom stereocenters. The van der Waals surface area contributed by atoms with Crippen molar-refractivity contribution < 1.29 is 14.9 Å². The Kier molecular flexibility index (Phi) is 2.46. The molecule has 2 aromatic rings. The lowest BCUT2D eigenvalue weighted by Gasteiger charge is -2.07. The topological polar surface area (TPSA) is 49.7 Å². The fourth-order valence-corrected chi connectivity index (χ4v) is 1.21. The molecule has 76 valence electrons. The number of phenolic OH excluding ortho intramolecular Hbond substituents is 2. The summed E-state index contributed by atoms with van der Waals surface area (Å²) in [6, 6.07) is 13.3. The highest BCUT2D eigenvalue weighted by molar-refractivity contribution is 5.45. The van der Waals surface area contributed by atoms with Gasteiger partial charge in [-0.1, -0.05) is 18.2 Å². The Morgan fingerprint density at radius 2 is 1.60 bits per heavy atom. The van der Waals surface area contributed by atoms with E-state index in [9.17, 15) is 5.11 Å². The number of hydrogen-bond donors (Lipinski definition) is 2. The maximum Gasteiger partial charge on any atom is 0.169 e. The maximum absolute atomic E-state index is 9.47. The SMILES string of the molecule is Oc1ccc(Oc2ccccc2)c(O)c1. The average molecular weight is 202 g/mol. The largest absolute Gasteiger partial charge is 0.508 e. The van der Waals surface area contributed by atoms with E-state index in [1.54, 1.807) is 12.1 Å². The Bertz CT molecular complexity index is 452. The predicted octanol–water partition coefficient (Wildman–Crippen LogP) is 2.89. The van der Waals surface area contributed by atoms with Gasteiger partial charge in [-0.05, 0) is 24.3 Å². The first kappa shape index (κ1) is 9.40. The molecular formula is C12H10O3. The van der Waals surface area contributed by atoms with Crippen LogP contribution in [0.2, 0.25) is 0 Å². The van der Waals surface area contributed by atoms with Crippen molar-refractivity contribution in [1.82, 2.24) is 0 Å². The summed E-state index contributed by atoms with van der Waals surface area (Å²) in [4.78, 5) is 0. The van der Waals surface area contributed by atoms with E-state index in [4.69, 9.17) is 9.84 Å². The minimum absolute atomic E-state index is 0.00733. The first-order valence-electron chi connectivity index (χ1n) is 4.50. The molecule has 0 aliphatic rings. The summed E-state index contributed by atoms with van der Waals surface area (Å²) in [5.74, 6) is 0.879. The van der Waals surface area contributed by atoms with Crippen molar-refractivity contribution in [3.63, 3.8) is 0 Å². The summed E-state index contributed by atoms with van der Waals surface area (Å²) in [5, 5.41) is 18.6. The second-order valence-corrected chi connectivity index (χ2v) is 3.07. The lowest BCUT2D eigenvalue weighted by molar-refractivity contribution is 0.403. The normalized spacial score (nSPS) is 9.87. The third kappa shape index (κ3) is 2.20. The molecule has 0 aliphatic heterocycles. The monoisotopic (exact) mass is 202 g/mol. The van der Waals surface area contributed by atoms with E-state index in [0.717, 1.165) is 0 Å². The number of benzene rings is 2. The minimum Gasteiger partial charge on any atom is -0.508 e. The van der Waals surface area contributed by atoms with Crippen molar-refractivity contribution in [1.29, 1.82) is 0 Å². The van der Waals surface area contributed by atoms with Crippen molar-refractivity contribution >= 4 is 0 Å². The van der Waals surface area contributed by atoms with E-state index >= 15 is 0 Å². The van der Waals surface area contributed by atoms with E-state index in [1.165, 1.54) is 18.2 Å². The summed E-state index contributed by atoms with van der Waals surface area (Å²) in [7, 11) is 0. The smallest absolute Gasteiger partial charge is 0.169 e. The fourth-order valence-electron chi connectivity index (χ4n) is 1.21. The van der Waals surface area contributed by atoms with Gasteiger partial charge in [-0.3, -0.25) is 0 Å². The number of rotatable bonds is 2. The Labute approximate surface area is 87.2 Å². The molecule has 0 amide bonds. The van der Waals surface area contributed by atoms with Crippen LogP contribution in [-0.4, -0.2) is 10.2 Å². The molecule has 0 bridgehead atoms. The van der Waals surface area contributed by atoms with Crippen LogP contribution in [0, 0.1) is 0 Å². The molecule has 3 heteroatoms. The van der Waals surface area contributed by atoms with Crippen molar-refractivity contribution in [2.75, 3.05) is 0 Å². The second kappa shape index (κ2) is 3.92. The zero-order chi connectivity index (χ0) is 10.7. The summed E-state index contributed by atoms with van der Waals surface area (Å²) in [6.45, 7) is 0. The highest BCUT2D eigenvalue weighted by atomic mass is 16.5. The van der Waals surface area contributed by atoms with Crippen molar-refractivity contribution in [2.24, 2.45) is 0 Å². The summed E-state index contributed by atoms with van der Waals surface area (Å²) < 4.78 is 5.40. The second-order valence-electron chi connectivity index (χ2n) is 3.07. The van der Waals surface area contributed by atoms with E-state index in [1.807, 2.05) is 18.2 Å². The first-order valence-corrected chi connectivity index (χ1v) is 4.50. The molecular weight excluding hydrogens is 192 g/mol. The lowest BCUT2D eigenvalue weighted by Crippen LogP contribution is -1.83. The first-order chi connectivity index (χ1) is 7.25. The van der Waals surface area contributed by atoms with Gasteiger partial charge < -0.3 is 14.9 Å². The van der Waals surface area contributed by atoms with Crippen molar-refractivity contribution in [3.05, 3.63) is 48.5 Å². The number of hydrogen-bond acceptors (Lipinski definition) is 3. The van der Waals surface area contributed by atoms with Crippen LogP contribution in [-0.2, 0) is 0 Å². The molecule has 0 spiro atoms. The number of ether oxygens (including phenoxy) is 1.